The summed E-state index contributed by atoms with van der Waals surface area (Å²) >= 11 is 0. The number of hydrogen-bond donors (Lipinski definition) is 1. The van der Waals surface area contributed by atoms with Crippen molar-refractivity contribution in [2.45, 2.75) is 13.1 Å². The molecule has 1 heterocycles. The van der Waals surface area contributed by atoms with Gasteiger partial charge in [-0.1, -0.05) is 6.07 Å². The normalized spacial score (nSPS) is 12.5. The molecule has 0 bridgehead atoms. The molecule has 4 nitrogen and oxygen atoms in total. The third kappa shape index (κ3) is 4.28. The predicted molar refractivity (Wildman–Crippen MR) is 74.9 cm³/mol. The van der Waals surface area contributed by atoms with E-state index in [0.717, 1.165) is 10.9 Å². The molecule has 22 heavy (non-hydrogen) atoms. The highest BCUT2D eigenvalue weighted by atomic mass is 19.4. The fraction of sp³-hybridized carbons (Fsp3) is 0.267. The van der Waals surface area contributed by atoms with Gasteiger partial charge < -0.3 is 14.5 Å². The molecule has 0 aliphatic heterocycles. The molecule has 0 aliphatic rings. The minimum Gasteiger partial charge on any atom is -0.477 e. The van der Waals surface area contributed by atoms with Crippen LogP contribution in [0.5, 0.6) is 0 Å². The van der Waals surface area contributed by atoms with Crippen molar-refractivity contribution >= 4 is 22.9 Å². The Balaban J connectivity index is 2.27. The molecule has 0 saturated heterocycles. The Bertz CT molecular complexity index is 689. The van der Waals surface area contributed by atoms with Crippen LogP contribution in [-0.2, 0) is 14.3 Å². The van der Waals surface area contributed by atoms with Crippen LogP contribution in [0.25, 0.3) is 17.0 Å². The van der Waals surface area contributed by atoms with Crippen LogP contribution >= 0.6 is 0 Å². The minimum atomic E-state index is -4.53. The summed E-state index contributed by atoms with van der Waals surface area (Å²) in [6.45, 7) is 0.0532. The topological polar surface area (TPSA) is 51.3 Å². The Labute approximate surface area is 124 Å². The van der Waals surface area contributed by atoms with Crippen LogP contribution in [0.2, 0.25) is 0 Å². The molecule has 2 rings (SSSR count). The first-order chi connectivity index (χ1) is 10.4. The average Bonchev–Trinajstić information content (AvgIpc) is 2.90. The van der Waals surface area contributed by atoms with E-state index in [1.807, 2.05) is 6.07 Å². The van der Waals surface area contributed by atoms with Gasteiger partial charge in [0.2, 0.25) is 5.76 Å². The van der Waals surface area contributed by atoms with Crippen molar-refractivity contribution in [3.8, 4) is 0 Å². The number of fused-ring (bicyclic) bond motifs is 1. The lowest BCUT2D eigenvalue weighted by molar-refractivity contribution is -0.170. The Kier molecular flexibility index (Phi) is 4.75. The zero-order chi connectivity index (χ0) is 16.2. The molecule has 0 unspecified atom stereocenters. The van der Waals surface area contributed by atoms with E-state index in [-0.39, 0.29) is 6.61 Å². The molecule has 2 aromatic rings. The quantitative estimate of drug-likeness (QED) is 0.521. The number of halogens is 3. The molecule has 118 valence electrons. The summed E-state index contributed by atoms with van der Waals surface area (Å²) in [5.41, 5.74) is 1.42. The zero-order valence-electron chi connectivity index (χ0n) is 11.7. The highest BCUT2D eigenvalue weighted by Gasteiger charge is 2.30. The Morgan fingerprint density at radius 1 is 1.27 bits per heavy atom. The SMILES string of the molecule is CCOC(=O)C(=Cc1ccc2[nH]ccc2c1)OCC(F)(F)F. The number of hydrogen-bond acceptors (Lipinski definition) is 3. The number of esters is 1. The number of benzene rings is 1. The first-order valence-electron chi connectivity index (χ1n) is 6.54. The molecule has 1 aromatic carbocycles. The lowest BCUT2D eigenvalue weighted by Gasteiger charge is -2.11. The molecule has 7 heteroatoms. The average molecular weight is 313 g/mol. The molecular formula is C15H14F3NO3. The number of aromatic nitrogens is 1. The van der Waals surface area contributed by atoms with Gasteiger partial charge in [0, 0.05) is 11.7 Å². The van der Waals surface area contributed by atoms with Gasteiger partial charge in [-0.25, -0.2) is 4.79 Å². The van der Waals surface area contributed by atoms with Gasteiger partial charge in [-0.15, -0.1) is 0 Å². The van der Waals surface area contributed by atoms with Crippen LogP contribution in [-0.4, -0.2) is 30.3 Å². The van der Waals surface area contributed by atoms with Gasteiger partial charge in [-0.2, -0.15) is 13.2 Å². The van der Waals surface area contributed by atoms with E-state index in [2.05, 4.69) is 9.72 Å². The molecule has 0 fully saturated rings. The summed E-state index contributed by atoms with van der Waals surface area (Å²) in [5, 5.41) is 0.868. The zero-order valence-corrected chi connectivity index (χ0v) is 11.7. The lowest BCUT2D eigenvalue weighted by Crippen LogP contribution is -2.20. The van der Waals surface area contributed by atoms with Gasteiger partial charge in [0.15, 0.2) is 6.61 Å². The summed E-state index contributed by atoms with van der Waals surface area (Å²) in [5.74, 6) is -1.41. The second-order valence-corrected chi connectivity index (χ2v) is 4.46. The summed E-state index contributed by atoms with van der Waals surface area (Å²) in [4.78, 5) is 14.7. The third-order valence-electron chi connectivity index (χ3n) is 2.74. The number of nitrogens with one attached hydrogen (secondary N) is 1. The van der Waals surface area contributed by atoms with E-state index in [0.29, 0.717) is 5.56 Å². The van der Waals surface area contributed by atoms with Crippen LogP contribution in [0.1, 0.15) is 12.5 Å². The van der Waals surface area contributed by atoms with Crippen molar-refractivity contribution in [3.63, 3.8) is 0 Å². The van der Waals surface area contributed by atoms with E-state index < -0.39 is 24.5 Å². The molecule has 0 radical (unpaired) electrons. The van der Waals surface area contributed by atoms with Crippen LogP contribution in [0.3, 0.4) is 0 Å². The highest BCUT2D eigenvalue weighted by Crippen LogP contribution is 2.20. The second-order valence-electron chi connectivity index (χ2n) is 4.46. The van der Waals surface area contributed by atoms with Gasteiger partial charge in [0.05, 0.1) is 6.61 Å². The van der Waals surface area contributed by atoms with E-state index >= 15 is 0 Å². The number of carbonyl (C=O) groups is 1. The van der Waals surface area contributed by atoms with Crippen LogP contribution in [0, 0.1) is 0 Å². The summed E-state index contributed by atoms with van der Waals surface area (Å²) < 4.78 is 46.1. The van der Waals surface area contributed by atoms with E-state index in [9.17, 15) is 18.0 Å². The number of H-pyrrole nitrogens is 1. The summed E-state index contributed by atoms with van der Waals surface area (Å²) in [6, 6.07) is 6.96. The van der Waals surface area contributed by atoms with Gasteiger partial charge >= 0.3 is 12.1 Å². The predicted octanol–water partition coefficient (Wildman–Crippen LogP) is 3.65. The number of ether oxygens (including phenoxy) is 2. The maximum Gasteiger partial charge on any atom is 0.422 e. The fourth-order valence-electron chi connectivity index (χ4n) is 1.83. The number of rotatable bonds is 5. The van der Waals surface area contributed by atoms with Gasteiger partial charge in [0.25, 0.3) is 0 Å². The molecule has 0 spiro atoms. The largest absolute Gasteiger partial charge is 0.477 e. The standard InChI is InChI=1S/C15H14F3NO3/c1-2-21-14(20)13(22-9-15(16,17)18)8-10-3-4-12-11(7-10)5-6-19-12/h3-8,19H,2,9H2,1H3. The van der Waals surface area contributed by atoms with Gasteiger partial charge in [-0.05, 0) is 42.1 Å². The maximum absolute atomic E-state index is 12.3. The van der Waals surface area contributed by atoms with Crippen molar-refractivity contribution in [3.05, 3.63) is 41.8 Å². The smallest absolute Gasteiger partial charge is 0.422 e. The van der Waals surface area contributed by atoms with Crippen molar-refractivity contribution in [2.75, 3.05) is 13.2 Å². The molecule has 0 atom stereocenters. The molecule has 0 saturated carbocycles. The first-order valence-corrected chi connectivity index (χ1v) is 6.54. The molecule has 1 N–H and O–H groups in total. The van der Waals surface area contributed by atoms with Crippen LogP contribution in [0.15, 0.2) is 36.2 Å². The monoisotopic (exact) mass is 313 g/mol. The van der Waals surface area contributed by atoms with Gasteiger partial charge in [0.1, 0.15) is 0 Å². The molecule has 1 aromatic heterocycles. The Morgan fingerprint density at radius 3 is 2.73 bits per heavy atom. The van der Waals surface area contributed by atoms with Crippen LogP contribution in [0.4, 0.5) is 13.2 Å². The van der Waals surface area contributed by atoms with Gasteiger partial charge in [-0.3, -0.25) is 0 Å². The maximum atomic E-state index is 12.3. The van der Waals surface area contributed by atoms with E-state index in [1.165, 1.54) is 6.08 Å². The lowest BCUT2D eigenvalue weighted by atomic mass is 10.1. The fourth-order valence-corrected chi connectivity index (χ4v) is 1.83. The Morgan fingerprint density at radius 2 is 2.05 bits per heavy atom. The number of aromatic amines is 1. The highest BCUT2D eigenvalue weighted by molar-refractivity contribution is 5.92. The van der Waals surface area contributed by atoms with E-state index in [4.69, 9.17) is 4.74 Å². The molecule has 0 amide bonds. The third-order valence-corrected chi connectivity index (χ3v) is 2.74. The minimum absolute atomic E-state index is 0.0440. The summed E-state index contributed by atoms with van der Waals surface area (Å²) in [6.07, 6.45) is -1.56. The first kappa shape index (κ1) is 15.9. The molecular weight excluding hydrogens is 299 g/mol. The molecule has 0 aliphatic carbocycles. The van der Waals surface area contributed by atoms with Crippen molar-refractivity contribution < 1.29 is 27.4 Å². The van der Waals surface area contributed by atoms with Crippen molar-refractivity contribution in [1.29, 1.82) is 0 Å². The summed E-state index contributed by atoms with van der Waals surface area (Å²) in [7, 11) is 0. The van der Waals surface area contributed by atoms with Crippen molar-refractivity contribution in [1.82, 2.24) is 4.98 Å². The number of carbonyl (C=O) groups excluding carboxylic acids is 1. The van der Waals surface area contributed by atoms with Crippen molar-refractivity contribution in [2.24, 2.45) is 0 Å². The van der Waals surface area contributed by atoms with Crippen LogP contribution < -0.4 is 0 Å². The number of alkyl halides is 3. The van der Waals surface area contributed by atoms with E-state index in [1.54, 1.807) is 31.3 Å². The Hall–Kier alpha value is -2.44. The second kappa shape index (κ2) is 6.55.